The van der Waals surface area contributed by atoms with Gasteiger partial charge < -0.3 is 0 Å². The third-order valence-electron chi connectivity index (χ3n) is 6.94. The number of unbranched alkanes of at least 4 members (excludes halogenated alkanes) is 18. The monoisotopic (exact) mass is 433 g/mol. The maximum absolute atomic E-state index is 2.54. The van der Waals surface area contributed by atoms with E-state index in [2.05, 4.69) is 42.3 Å². The van der Waals surface area contributed by atoms with Crippen LogP contribution in [0.5, 0.6) is 0 Å². The molecule has 0 spiro atoms. The van der Waals surface area contributed by atoms with E-state index >= 15 is 0 Å². The zero-order valence-electron chi connectivity index (χ0n) is 21.8. The Labute approximate surface area is 196 Å². The predicted octanol–water partition coefficient (Wildman–Crippen LogP) is 9.18. The Bertz CT molecular complexity index is 491. The largest absolute Gasteiger partial charge is 0.256 e. The van der Waals surface area contributed by atoms with Gasteiger partial charge in [0.15, 0.2) is 0 Å². The molecule has 0 bridgehead atoms. The zero-order chi connectivity index (χ0) is 22.4. The first kappa shape index (κ1) is 28.2. The molecule has 2 nitrogen and oxygen atoms in total. The van der Waals surface area contributed by atoms with Crippen LogP contribution < -0.4 is 4.57 Å². The van der Waals surface area contributed by atoms with Gasteiger partial charge in [0.05, 0.1) is 13.1 Å². The van der Waals surface area contributed by atoms with E-state index in [9.17, 15) is 0 Å². The van der Waals surface area contributed by atoms with Gasteiger partial charge >= 0.3 is 0 Å². The van der Waals surface area contributed by atoms with Crippen LogP contribution in [0.2, 0.25) is 0 Å². The summed E-state index contributed by atoms with van der Waals surface area (Å²) in [6.07, 6.45) is 34.4. The van der Waals surface area contributed by atoms with E-state index in [4.69, 9.17) is 0 Å². The first-order valence-corrected chi connectivity index (χ1v) is 14.4. The molecule has 0 fully saturated rings. The minimum atomic E-state index is 1.11. The molecule has 0 aliphatic heterocycles. The van der Waals surface area contributed by atoms with Crippen molar-refractivity contribution in [2.75, 3.05) is 0 Å². The SMILES string of the molecule is CCCCCCCCCCCCCCCCCc1n(CC)cc[n+]1CCCCCCC. The normalized spacial score (nSPS) is 11.5. The summed E-state index contributed by atoms with van der Waals surface area (Å²) in [5, 5.41) is 0. The topological polar surface area (TPSA) is 8.81 Å². The molecule has 0 aromatic carbocycles. The van der Waals surface area contributed by atoms with Crippen molar-refractivity contribution in [2.24, 2.45) is 0 Å². The number of nitrogens with zero attached hydrogens (tertiary/aromatic N) is 2. The molecule has 1 aromatic heterocycles. The zero-order valence-corrected chi connectivity index (χ0v) is 21.8. The number of aromatic nitrogens is 2. The summed E-state index contributed by atoms with van der Waals surface area (Å²) in [6.45, 7) is 9.20. The molecule has 0 saturated carbocycles. The molecule has 1 heterocycles. The molecule has 1 rings (SSSR count). The van der Waals surface area contributed by atoms with Gasteiger partial charge in [0.1, 0.15) is 12.4 Å². The second-order valence-electron chi connectivity index (χ2n) is 9.81. The van der Waals surface area contributed by atoms with Crippen molar-refractivity contribution < 1.29 is 4.57 Å². The van der Waals surface area contributed by atoms with Crippen LogP contribution in [0.4, 0.5) is 0 Å². The lowest BCUT2D eigenvalue weighted by Gasteiger charge is -2.05. The average molecular weight is 434 g/mol. The van der Waals surface area contributed by atoms with Gasteiger partial charge in [-0.05, 0) is 26.2 Å². The van der Waals surface area contributed by atoms with Crippen LogP contribution in [0.25, 0.3) is 0 Å². The summed E-state index contributed by atoms with van der Waals surface area (Å²) >= 11 is 0. The molecule has 0 unspecified atom stereocenters. The van der Waals surface area contributed by atoms with E-state index in [1.54, 1.807) is 5.82 Å². The maximum Gasteiger partial charge on any atom is 0.256 e. The quantitative estimate of drug-likeness (QED) is 0.120. The van der Waals surface area contributed by atoms with Crippen LogP contribution in [0.15, 0.2) is 12.4 Å². The van der Waals surface area contributed by atoms with Crippen LogP contribution in [-0.4, -0.2) is 4.57 Å². The maximum atomic E-state index is 2.54. The Hall–Kier alpha value is -0.790. The van der Waals surface area contributed by atoms with Gasteiger partial charge in [-0.25, -0.2) is 9.13 Å². The van der Waals surface area contributed by atoms with Gasteiger partial charge in [0, 0.05) is 6.42 Å². The number of rotatable bonds is 23. The number of hydrogen-bond donors (Lipinski definition) is 0. The number of imidazole rings is 1. The molecular formula is C29H57N2+. The van der Waals surface area contributed by atoms with Crippen molar-refractivity contribution in [3.8, 4) is 0 Å². The minimum Gasteiger partial charge on any atom is -0.235 e. The van der Waals surface area contributed by atoms with E-state index in [0.29, 0.717) is 0 Å². The van der Waals surface area contributed by atoms with Crippen molar-refractivity contribution in [1.82, 2.24) is 4.57 Å². The predicted molar refractivity (Wildman–Crippen MR) is 138 cm³/mol. The molecule has 182 valence electrons. The molecule has 1 aromatic rings. The van der Waals surface area contributed by atoms with Crippen molar-refractivity contribution in [3.05, 3.63) is 18.2 Å². The molecule has 31 heavy (non-hydrogen) atoms. The lowest BCUT2D eigenvalue weighted by molar-refractivity contribution is -0.704. The Morgan fingerprint density at radius 3 is 1.42 bits per heavy atom. The number of aryl methyl sites for hydroxylation is 2. The highest BCUT2D eigenvalue weighted by molar-refractivity contribution is 4.83. The Kier molecular flexibility index (Phi) is 19.2. The molecule has 0 aliphatic carbocycles. The number of hydrogen-bond acceptors (Lipinski definition) is 0. The van der Waals surface area contributed by atoms with E-state index in [1.165, 1.54) is 141 Å². The summed E-state index contributed by atoms with van der Waals surface area (Å²) < 4.78 is 5.01. The highest BCUT2D eigenvalue weighted by Gasteiger charge is 2.15. The van der Waals surface area contributed by atoms with Gasteiger partial charge in [-0.3, -0.25) is 0 Å². The summed E-state index contributed by atoms with van der Waals surface area (Å²) in [7, 11) is 0. The van der Waals surface area contributed by atoms with Crippen LogP contribution in [0, 0.1) is 0 Å². The Balaban J connectivity index is 2.00. The molecule has 0 amide bonds. The van der Waals surface area contributed by atoms with Gasteiger partial charge in [-0.2, -0.15) is 0 Å². The second-order valence-corrected chi connectivity index (χ2v) is 9.81. The molecular weight excluding hydrogens is 376 g/mol. The lowest BCUT2D eigenvalue weighted by Crippen LogP contribution is -2.37. The Morgan fingerprint density at radius 1 is 0.548 bits per heavy atom. The molecule has 0 saturated heterocycles. The Morgan fingerprint density at radius 2 is 0.968 bits per heavy atom. The van der Waals surface area contributed by atoms with Gasteiger partial charge in [0.25, 0.3) is 5.82 Å². The van der Waals surface area contributed by atoms with E-state index < -0.39 is 0 Å². The molecule has 0 N–H and O–H groups in total. The fourth-order valence-corrected chi connectivity index (χ4v) is 4.82. The standard InChI is InChI=1S/C29H57N2/c1-4-7-9-11-12-13-14-15-16-17-18-19-20-21-23-25-29-30(6-3)27-28-31(29)26-24-22-10-8-5-2/h27-28H,4-26H2,1-3H3/q+1. The molecule has 0 atom stereocenters. The van der Waals surface area contributed by atoms with Crippen LogP contribution >= 0.6 is 0 Å². The lowest BCUT2D eigenvalue weighted by atomic mass is 10.0. The van der Waals surface area contributed by atoms with Crippen LogP contribution in [0.3, 0.4) is 0 Å². The van der Waals surface area contributed by atoms with Crippen molar-refractivity contribution in [2.45, 2.75) is 169 Å². The van der Waals surface area contributed by atoms with E-state index in [1.807, 2.05) is 0 Å². The van der Waals surface area contributed by atoms with Crippen LogP contribution in [-0.2, 0) is 19.5 Å². The third kappa shape index (κ3) is 14.8. The summed E-state index contributed by atoms with van der Waals surface area (Å²) in [4.78, 5) is 0. The minimum absolute atomic E-state index is 1.11. The second kappa shape index (κ2) is 21.1. The fourth-order valence-electron chi connectivity index (χ4n) is 4.82. The van der Waals surface area contributed by atoms with Crippen molar-refractivity contribution >= 4 is 0 Å². The molecule has 0 aliphatic rings. The van der Waals surface area contributed by atoms with E-state index in [0.717, 1.165) is 6.54 Å². The first-order chi connectivity index (χ1) is 15.3. The summed E-state index contributed by atoms with van der Waals surface area (Å²) in [5.41, 5.74) is 0. The van der Waals surface area contributed by atoms with Crippen molar-refractivity contribution in [3.63, 3.8) is 0 Å². The van der Waals surface area contributed by atoms with Crippen LogP contribution in [0.1, 0.15) is 155 Å². The first-order valence-electron chi connectivity index (χ1n) is 14.4. The molecule has 2 heteroatoms. The van der Waals surface area contributed by atoms with Gasteiger partial charge in [0.2, 0.25) is 0 Å². The average Bonchev–Trinajstić information content (AvgIpc) is 3.18. The highest BCUT2D eigenvalue weighted by atomic mass is 15.1. The fraction of sp³-hybridized carbons (Fsp3) is 0.897. The van der Waals surface area contributed by atoms with Crippen molar-refractivity contribution in [1.29, 1.82) is 0 Å². The third-order valence-corrected chi connectivity index (χ3v) is 6.94. The van der Waals surface area contributed by atoms with Gasteiger partial charge in [-0.1, -0.05) is 123 Å². The highest BCUT2D eigenvalue weighted by Crippen LogP contribution is 2.14. The van der Waals surface area contributed by atoms with E-state index in [-0.39, 0.29) is 0 Å². The summed E-state index contributed by atoms with van der Waals surface area (Å²) in [5.74, 6) is 1.56. The summed E-state index contributed by atoms with van der Waals surface area (Å²) in [6, 6.07) is 0. The molecule has 0 radical (unpaired) electrons. The smallest absolute Gasteiger partial charge is 0.235 e. The van der Waals surface area contributed by atoms with Gasteiger partial charge in [-0.15, -0.1) is 0 Å².